The van der Waals surface area contributed by atoms with E-state index >= 15 is 8.78 Å². The standard InChI is InChI=1S/C22H22F2N8O3/c23-17-11-15(31-14-16(35-22(31)34)13-30-8-5-26-28-30)12-18(24)20(17)29-7-6-27-32(10-9-29)21(33)19-3-1-2-4-25-19/h1-5,8,11-12,16,27H,6-7,9-10,13-14H2/t16-/m0/s1. The number of nitrogens with zero attached hydrogens (tertiary/aromatic N) is 7. The van der Waals surface area contributed by atoms with E-state index in [1.165, 1.54) is 31.9 Å². The second kappa shape index (κ2) is 9.62. The van der Waals surface area contributed by atoms with Crippen LogP contribution in [0.2, 0.25) is 0 Å². The van der Waals surface area contributed by atoms with Crippen LogP contribution in [0.4, 0.5) is 25.0 Å². The minimum absolute atomic E-state index is 0.0646. The van der Waals surface area contributed by atoms with Crippen molar-refractivity contribution in [3.8, 4) is 0 Å². The molecule has 2 aliphatic rings. The molecule has 182 valence electrons. The van der Waals surface area contributed by atoms with Gasteiger partial charge in [-0.25, -0.2) is 23.7 Å². The second-order valence-electron chi connectivity index (χ2n) is 8.07. The number of hydrogen-bond donors (Lipinski definition) is 1. The summed E-state index contributed by atoms with van der Waals surface area (Å²) in [5.74, 6) is -1.94. The molecule has 0 radical (unpaired) electrons. The van der Waals surface area contributed by atoms with Gasteiger partial charge in [-0.15, -0.1) is 5.10 Å². The lowest BCUT2D eigenvalue weighted by molar-refractivity contribution is 0.0675. The van der Waals surface area contributed by atoms with Crippen LogP contribution in [0.1, 0.15) is 10.5 Å². The zero-order chi connectivity index (χ0) is 24.4. The molecule has 11 nitrogen and oxygen atoms in total. The van der Waals surface area contributed by atoms with Crippen molar-refractivity contribution in [2.24, 2.45) is 0 Å². The first-order valence-electron chi connectivity index (χ1n) is 11.0. The molecule has 0 spiro atoms. The SMILES string of the molecule is O=C(c1ccccn1)N1CCN(c2c(F)cc(N3C[C@H](Cn4ccnn4)OC3=O)cc2F)CCN1. The van der Waals surface area contributed by atoms with Crippen LogP contribution in [-0.2, 0) is 11.3 Å². The van der Waals surface area contributed by atoms with Crippen LogP contribution in [0.15, 0.2) is 48.9 Å². The molecule has 1 aromatic carbocycles. The average molecular weight is 484 g/mol. The molecule has 13 heteroatoms. The number of benzene rings is 1. The number of carbonyl (C=O) groups is 2. The number of carbonyl (C=O) groups excluding carboxylic acids is 2. The molecule has 2 aromatic heterocycles. The molecule has 0 saturated carbocycles. The van der Waals surface area contributed by atoms with Gasteiger partial charge in [0.15, 0.2) is 11.6 Å². The summed E-state index contributed by atoms with van der Waals surface area (Å²) in [6.45, 7) is 1.35. The Bertz CT molecular complexity index is 1190. The summed E-state index contributed by atoms with van der Waals surface area (Å²) < 4.78 is 37.1. The molecule has 3 aromatic rings. The van der Waals surface area contributed by atoms with Crippen molar-refractivity contribution in [3.05, 3.63) is 66.3 Å². The second-order valence-corrected chi connectivity index (χ2v) is 8.07. The van der Waals surface area contributed by atoms with Gasteiger partial charge in [-0.2, -0.15) is 0 Å². The number of rotatable bonds is 5. The molecule has 2 aliphatic heterocycles. The molecule has 2 saturated heterocycles. The van der Waals surface area contributed by atoms with Crippen LogP contribution in [0.3, 0.4) is 0 Å². The highest BCUT2D eigenvalue weighted by atomic mass is 19.1. The highest BCUT2D eigenvalue weighted by Crippen LogP contribution is 2.31. The number of halogens is 2. The minimum Gasteiger partial charge on any atom is -0.442 e. The molecule has 2 fully saturated rings. The fraction of sp³-hybridized carbons (Fsp3) is 0.318. The summed E-state index contributed by atoms with van der Waals surface area (Å²) in [5, 5.41) is 8.92. The Morgan fingerprint density at radius 1 is 1.14 bits per heavy atom. The van der Waals surface area contributed by atoms with E-state index in [9.17, 15) is 9.59 Å². The monoisotopic (exact) mass is 484 g/mol. The topological polar surface area (TPSA) is 109 Å². The minimum atomic E-state index is -0.808. The van der Waals surface area contributed by atoms with Crippen molar-refractivity contribution in [2.75, 3.05) is 42.5 Å². The molecular weight excluding hydrogens is 462 g/mol. The Morgan fingerprint density at radius 2 is 1.97 bits per heavy atom. The maximum absolute atomic E-state index is 15.1. The first-order chi connectivity index (χ1) is 17.0. The number of ether oxygens (including phenoxy) is 1. The Labute approximate surface area is 198 Å². The largest absolute Gasteiger partial charge is 0.442 e. The van der Waals surface area contributed by atoms with E-state index in [1.54, 1.807) is 24.4 Å². The molecule has 1 atom stereocenters. The van der Waals surface area contributed by atoms with Gasteiger partial charge < -0.3 is 9.64 Å². The van der Waals surface area contributed by atoms with E-state index in [1.807, 2.05) is 0 Å². The van der Waals surface area contributed by atoms with Gasteiger partial charge in [0.1, 0.15) is 17.5 Å². The first-order valence-corrected chi connectivity index (χ1v) is 11.0. The summed E-state index contributed by atoms with van der Waals surface area (Å²) in [6.07, 6.45) is 3.44. The van der Waals surface area contributed by atoms with Crippen LogP contribution in [0.5, 0.6) is 0 Å². The number of cyclic esters (lactones) is 1. The lowest BCUT2D eigenvalue weighted by Gasteiger charge is -2.25. The molecule has 2 amide bonds. The summed E-state index contributed by atoms with van der Waals surface area (Å²) in [6, 6.07) is 7.26. The van der Waals surface area contributed by atoms with E-state index in [4.69, 9.17) is 4.74 Å². The zero-order valence-electron chi connectivity index (χ0n) is 18.5. The van der Waals surface area contributed by atoms with Gasteiger partial charge in [-0.1, -0.05) is 11.3 Å². The predicted molar refractivity (Wildman–Crippen MR) is 119 cm³/mol. The predicted octanol–water partition coefficient (Wildman–Crippen LogP) is 1.44. The van der Waals surface area contributed by atoms with Gasteiger partial charge in [0.2, 0.25) is 0 Å². The third-order valence-electron chi connectivity index (χ3n) is 5.77. The van der Waals surface area contributed by atoms with Crippen molar-refractivity contribution in [3.63, 3.8) is 0 Å². The average Bonchev–Trinajstić information content (AvgIpc) is 3.42. The van der Waals surface area contributed by atoms with E-state index in [0.29, 0.717) is 6.54 Å². The summed E-state index contributed by atoms with van der Waals surface area (Å²) in [4.78, 5) is 31.8. The van der Waals surface area contributed by atoms with Crippen LogP contribution in [-0.4, -0.2) is 75.8 Å². The van der Waals surface area contributed by atoms with Gasteiger partial charge in [-0.05, 0) is 12.1 Å². The number of hydrazine groups is 1. The number of aromatic nitrogens is 4. The maximum atomic E-state index is 15.1. The normalized spacial score (nSPS) is 18.5. The van der Waals surface area contributed by atoms with E-state index in [-0.39, 0.29) is 55.7 Å². The number of amides is 2. The van der Waals surface area contributed by atoms with Crippen LogP contribution in [0, 0.1) is 11.6 Å². The summed E-state index contributed by atoms with van der Waals surface area (Å²) in [5.41, 5.74) is 3.10. The molecule has 4 heterocycles. The molecular formula is C22H22F2N8O3. The quantitative estimate of drug-likeness (QED) is 0.580. The van der Waals surface area contributed by atoms with Gasteiger partial charge in [-0.3, -0.25) is 19.7 Å². The lowest BCUT2D eigenvalue weighted by atomic mass is 10.2. The van der Waals surface area contributed by atoms with Gasteiger partial charge in [0.25, 0.3) is 5.91 Å². The highest BCUT2D eigenvalue weighted by molar-refractivity contribution is 5.92. The number of pyridine rings is 1. The smallest absolute Gasteiger partial charge is 0.414 e. The fourth-order valence-electron chi connectivity index (χ4n) is 4.13. The Balaban J connectivity index is 1.28. The van der Waals surface area contributed by atoms with Crippen LogP contribution >= 0.6 is 0 Å². The van der Waals surface area contributed by atoms with Crippen molar-refractivity contribution >= 4 is 23.4 Å². The third-order valence-corrected chi connectivity index (χ3v) is 5.77. The van der Waals surface area contributed by atoms with Crippen LogP contribution in [0.25, 0.3) is 0 Å². The zero-order valence-corrected chi connectivity index (χ0v) is 18.5. The lowest BCUT2D eigenvalue weighted by Crippen LogP contribution is -2.43. The Hall–Kier alpha value is -4.13. The molecule has 35 heavy (non-hydrogen) atoms. The molecule has 5 rings (SSSR count). The first kappa shape index (κ1) is 22.7. The Kier molecular flexibility index (Phi) is 6.23. The fourth-order valence-corrected chi connectivity index (χ4v) is 4.13. The van der Waals surface area contributed by atoms with Crippen molar-refractivity contribution in [1.82, 2.24) is 30.4 Å². The molecule has 0 unspecified atom stereocenters. The van der Waals surface area contributed by atoms with Crippen molar-refractivity contribution in [2.45, 2.75) is 12.6 Å². The molecule has 1 N–H and O–H groups in total. The summed E-state index contributed by atoms with van der Waals surface area (Å²) >= 11 is 0. The van der Waals surface area contributed by atoms with E-state index in [2.05, 4.69) is 20.7 Å². The van der Waals surface area contributed by atoms with Crippen molar-refractivity contribution < 1.29 is 23.1 Å². The molecule has 0 bridgehead atoms. The number of hydrogen-bond acceptors (Lipinski definition) is 8. The summed E-state index contributed by atoms with van der Waals surface area (Å²) in [7, 11) is 0. The van der Waals surface area contributed by atoms with Crippen molar-refractivity contribution in [1.29, 1.82) is 0 Å². The van der Waals surface area contributed by atoms with E-state index < -0.39 is 23.8 Å². The Morgan fingerprint density at radius 3 is 2.69 bits per heavy atom. The van der Waals surface area contributed by atoms with Gasteiger partial charge in [0, 0.05) is 44.2 Å². The molecule has 0 aliphatic carbocycles. The van der Waals surface area contributed by atoms with Gasteiger partial charge >= 0.3 is 6.09 Å². The third kappa shape index (κ3) is 4.75. The number of anilines is 2. The maximum Gasteiger partial charge on any atom is 0.414 e. The van der Waals surface area contributed by atoms with Crippen LogP contribution < -0.4 is 15.2 Å². The van der Waals surface area contributed by atoms with Gasteiger partial charge in [0.05, 0.1) is 31.5 Å². The highest BCUT2D eigenvalue weighted by Gasteiger charge is 2.34. The number of nitrogens with one attached hydrogen (secondary N) is 1. The van der Waals surface area contributed by atoms with E-state index in [0.717, 1.165) is 12.1 Å².